The van der Waals surface area contributed by atoms with Gasteiger partial charge in [0.15, 0.2) is 0 Å². The Kier molecular flexibility index (Phi) is 3.38. The van der Waals surface area contributed by atoms with Gasteiger partial charge < -0.3 is 5.32 Å². The van der Waals surface area contributed by atoms with Crippen LogP contribution in [0.2, 0.25) is 0 Å². The number of hydrogen-bond acceptors (Lipinski definition) is 1. The summed E-state index contributed by atoms with van der Waals surface area (Å²) >= 11 is 0. The summed E-state index contributed by atoms with van der Waals surface area (Å²) in [5.41, 5.74) is 0. The Labute approximate surface area is 70.6 Å². The van der Waals surface area contributed by atoms with Crippen LogP contribution in [0, 0.1) is 5.92 Å². The second kappa shape index (κ2) is 4.10. The van der Waals surface area contributed by atoms with Crippen LogP contribution in [0.5, 0.6) is 0 Å². The van der Waals surface area contributed by atoms with Crippen molar-refractivity contribution >= 4 is 0 Å². The zero-order valence-electron chi connectivity index (χ0n) is 8.06. The van der Waals surface area contributed by atoms with Gasteiger partial charge in [-0.3, -0.25) is 0 Å². The largest absolute Gasteiger partial charge is 0.311 e. The van der Waals surface area contributed by atoms with E-state index in [-0.39, 0.29) is 0 Å². The molecule has 0 aromatic rings. The minimum absolute atomic E-state index is 0.734. The average molecular weight is 155 g/mol. The maximum Gasteiger partial charge on any atom is 0.00706 e. The summed E-state index contributed by atoms with van der Waals surface area (Å²) < 4.78 is 0. The molecular formula is C10H21N. The van der Waals surface area contributed by atoms with E-state index in [1.165, 1.54) is 25.7 Å². The highest BCUT2D eigenvalue weighted by Gasteiger charge is 2.22. The molecule has 0 aromatic heterocycles. The molecule has 1 fully saturated rings. The maximum atomic E-state index is 3.62. The molecule has 1 saturated carbocycles. The van der Waals surface area contributed by atoms with E-state index in [4.69, 9.17) is 0 Å². The Hall–Kier alpha value is -0.0400. The molecule has 1 aliphatic rings. The molecule has 1 N–H and O–H groups in total. The topological polar surface area (TPSA) is 12.0 Å². The first-order valence-corrected chi connectivity index (χ1v) is 4.98. The van der Waals surface area contributed by atoms with Crippen molar-refractivity contribution in [2.75, 3.05) is 0 Å². The predicted octanol–water partition coefficient (Wildman–Crippen LogP) is 2.56. The van der Waals surface area contributed by atoms with E-state index in [0.29, 0.717) is 0 Å². The SMILES string of the molecule is CCC(C)CC(C)NC1CC1. The lowest BCUT2D eigenvalue weighted by Crippen LogP contribution is -2.29. The van der Waals surface area contributed by atoms with Crippen molar-refractivity contribution in [1.29, 1.82) is 0 Å². The van der Waals surface area contributed by atoms with E-state index >= 15 is 0 Å². The highest BCUT2D eigenvalue weighted by molar-refractivity contribution is 4.83. The molecule has 66 valence electrons. The summed E-state index contributed by atoms with van der Waals surface area (Å²) in [4.78, 5) is 0. The number of hydrogen-bond donors (Lipinski definition) is 1. The highest BCUT2D eigenvalue weighted by Crippen LogP contribution is 2.21. The van der Waals surface area contributed by atoms with Gasteiger partial charge in [-0.05, 0) is 32.1 Å². The fourth-order valence-corrected chi connectivity index (χ4v) is 1.49. The van der Waals surface area contributed by atoms with Crippen molar-refractivity contribution in [2.24, 2.45) is 5.92 Å². The van der Waals surface area contributed by atoms with E-state index in [1.54, 1.807) is 0 Å². The second-order valence-corrected chi connectivity index (χ2v) is 4.09. The van der Waals surface area contributed by atoms with Gasteiger partial charge in [0.1, 0.15) is 0 Å². The second-order valence-electron chi connectivity index (χ2n) is 4.09. The van der Waals surface area contributed by atoms with E-state index < -0.39 is 0 Å². The summed E-state index contributed by atoms with van der Waals surface area (Å²) in [5.74, 6) is 0.885. The lowest BCUT2D eigenvalue weighted by Gasteiger charge is -2.16. The van der Waals surface area contributed by atoms with Gasteiger partial charge in [0.05, 0.1) is 0 Å². The molecule has 0 spiro atoms. The van der Waals surface area contributed by atoms with Crippen LogP contribution < -0.4 is 5.32 Å². The quantitative estimate of drug-likeness (QED) is 0.643. The summed E-state index contributed by atoms with van der Waals surface area (Å²) in [5, 5.41) is 3.62. The van der Waals surface area contributed by atoms with Gasteiger partial charge in [-0.25, -0.2) is 0 Å². The molecule has 1 aliphatic carbocycles. The molecule has 0 radical (unpaired) electrons. The average Bonchev–Trinajstić information content (AvgIpc) is 2.71. The Morgan fingerprint density at radius 3 is 2.45 bits per heavy atom. The third kappa shape index (κ3) is 3.76. The molecule has 0 aliphatic heterocycles. The summed E-state index contributed by atoms with van der Waals surface area (Å²) in [6.07, 6.45) is 5.47. The molecule has 2 atom stereocenters. The van der Waals surface area contributed by atoms with Crippen LogP contribution in [0.3, 0.4) is 0 Å². The Bertz CT molecular complexity index is 107. The third-order valence-corrected chi connectivity index (χ3v) is 2.55. The van der Waals surface area contributed by atoms with Crippen molar-refractivity contribution in [3.8, 4) is 0 Å². The first-order chi connectivity index (χ1) is 5.22. The minimum Gasteiger partial charge on any atom is -0.311 e. The van der Waals surface area contributed by atoms with Crippen LogP contribution >= 0.6 is 0 Å². The summed E-state index contributed by atoms with van der Waals surface area (Å²) in [6, 6.07) is 1.60. The van der Waals surface area contributed by atoms with Gasteiger partial charge in [0.25, 0.3) is 0 Å². The van der Waals surface area contributed by atoms with E-state index in [2.05, 4.69) is 26.1 Å². The van der Waals surface area contributed by atoms with E-state index in [0.717, 1.165) is 18.0 Å². The molecule has 11 heavy (non-hydrogen) atoms. The molecule has 0 saturated heterocycles. The molecule has 0 heterocycles. The van der Waals surface area contributed by atoms with Crippen molar-refractivity contribution in [1.82, 2.24) is 5.32 Å². The van der Waals surface area contributed by atoms with Crippen LogP contribution in [-0.2, 0) is 0 Å². The standard InChI is InChI=1S/C10H21N/c1-4-8(2)7-9(3)11-10-5-6-10/h8-11H,4-7H2,1-3H3. The maximum absolute atomic E-state index is 3.62. The molecule has 1 nitrogen and oxygen atoms in total. The van der Waals surface area contributed by atoms with Crippen molar-refractivity contribution in [3.05, 3.63) is 0 Å². The van der Waals surface area contributed by atoms with Crippen LogP contribution in [0.25, 0.3) is 0 Å². The number of nitrogens with one attached hydrogen (secondary N) is 1. The van der Waals surface area contributed by atoms with Crippen molar-refractivity contribution in [2.45, 2.75) is 58.5 Å². The van der Waals surface area contributed by atoms with Gasteiger partial charge in [0.2, 0.25) is 0 Å². The fourth-order valence-electron chi connectivity index (χ4n) is 1.49. The first kappa shape index (κ1) is 9.05. The van der Waals surface area contributed by atoms with Gasteiger partial charge in [0, 0.05) is 12.1 Å². The van der Waals surface area contributed by atoms with Crippen LogP contribution in [0.15, 0.2) is 0 Å². The smallest absolute Gasteiger partial charge is 0.00706 e. The Morgan fingerprint density at radius 1 is 1.36 bits per heavy atom. The van der Waals surface area contributed by atoms with Crippen LogP contribution in [-0.4, -0.2) is 12.1 Å². The van der Waals surface area contributed by atoms with Gasteiger partial charge in [-0.15, -0.1) is 0 Å². The van der Waals surface area contributed by atoms with Gasteiger partial charge in [-0.2, -0.15) is 0 Å². The summed E-state index contributed by atoms with van der Waals surface area (Å²) in [6.45, 7) is 6.92. The third-order valence-electron chi connectivity index (χ3n) is 2.55. The molecule has 0 amide bonds. The molecule has 0 bridgehead atoms. The zero-order valence-corrected chi connectivity index (χ0v) is 8.06. The summed E-state index contributed by atoms with van der Waals surface area (Å²) in [7, 11) is 0. The molecule has 1 heteroatoms. The van der Waals surface area contributed by atoms with Gasteiger partial charge >= 0.3 is 0 Å². The zero-order chi connectivity index (χ0) is 8.27. The number of rotatable bonds is 5. The molecule has 0 aromatic carbocycles. The molecule has 2 unspecified atom stereocenters. The molecular weight excluding hydrogens is 134 g/mol. The normalized spacial score (nSPS) is 23.2. The molecule has 1 rings (SSSR count). The Balaban J connectivity index is 2.03. The fraction of sp³-hybridized carbons (Fsp3) is 1.00. The Morgan fingerprint density at radius 2 is 2.00 bits per heavy atom. The van der Waals surface area contributed by atoms with E-state index in [1.807, 2.05) is 0 Å². The van der Waals surface area contributed by atoms with Crippen molar-refractivity contribution in [3.63, 3.8) is 0 Å². The van der Waals surface area contributed by atoms with Crippen molar-refractivity contribution < 1.29 is 0 Å². The van der Waals surface area contributed by atoms with Crippen LogP contribution in [0.4, 0.5) is 0 Å². The van der Waals surface area contributed by atoms with Crippen LogP contribution in [0.1, 0.15) is 46.5 Å². The first-order valence-electron chi connectivity index (χ1n) is 4.98. The monoisotopic (exact) mass is 155 g/mol. The highest BCUT2D eigenvalue weighted by atomic mass is 15.0. The lowest BCUT2D eigenvalue weighted by molar-refractivity contribution is 0.411. The lowest BCUT2D eigenvalue weighted by atomic mass is 10.0. The van der Waals surface area contributed by atoms with E-state index in [9.17, 15) is 0 Å². The predicted molar refractivity (Wildman–Crippen MR) is 49.7 cm³/mol. The minimum atomic E-state index is 0.734. The van der Waals surface area contributed by atoms with Gasteiger partial charge in [-0.1, -0.05) is 20.3 Å².